The van der Waals surface area contributed by atoms with Crippen molar-refractivity contribution in [1.82, 2.24) is 5.32 Å². The molecule has 0 radical (unpaired) electrons. The van der Waals surface area contributed by atoms with E-state index in [0.29, 0.717) is 0 Å². The van der Waals surface area contributed by atoms with Gasteiger partial charge in [-0.1, -0.05) is 13.8 Å². The van der Waals surface area contributed by atoms with Crippen LogP contribution >= 0.6 is 0 Å². The number of allylic oxidation sites excluding steroid dienone is 2. The summed E-state index contributed by atoms with van der Waals surface area (Å²) in [5.41, 5.74) is 1.36. The van der Waals surface area contributed by atoms with Crippen LogP contribution < -0.4 is 5.32 Å². The van der Waals surface area contributed by atoms with Gasteiger partial charge in [-0.25, -0.2) is 0 Å². The van der Waals surface area contributed by atoms with E-state index in [1.165, 1.54) is 30.7 Å². The van der Waals surface area contributed by atoms with E-state index in [2.05, 4.69) is 12.2 Å². The molecule has 0 aromatic heterocycles. The van der Waals surface area contributed by atoms with Crippen molar-refractivity contribution in [2.45, 2.75) is 52.7 Å². The van der Waals surface area contributed by atoms with E-state index in [1.807, 2.05) is 13.8 Å². The van der Waals surface area contributed by atoms with Crippen molar-refractivity contribution in [2.75, 3.05) is 0 Å². The molecule has 1 aliphatic carbocycles. The molecule has 0 fully saturated rings. The Balaban J connectivity index is 0.000000336. The molecule has 0 spiro atoms. The van der Waals surface area contributed by atoms with Crippen molar-refractivity contribution in [3.05, 3.63) is 11.5 Å². The molecule has 0 aromatic carbocycles. The molecule has 0 saturated heterocycles. The second-order valence-electron chi connectivity index (χ2n) is 3.01. The highest BCUT2D eigenvalue weighted by atomic mass is 16.5. The first-order chi connectivity index (χ1) is 5.86. The predicted molar refractivity (Wildman–Crippen MR) is 50.5 cm³/mol. The van der Waals surface area contributed by atoms with Crippen LogP contribution in [0.25, 0.3) is 0 Å². The highest BCUT2D eigenvalue weighted by Crippen LogP contribution is 2.28. The minimum absolute atomic E-state index is 0.225. The van der Waals surface area contributed by atoms with Gasteiger partial charge in [0.2, 0.25) is 0 Å². The molecule has 2 aliphatic rings. The molecule has 2 nitrogen and oxygen atoms in total. The van der Waals surface area contributed by atoms with Crippen LogP contribution in [0.3, 0.4) is 0 Å². The van der Waals surface area contributed by atoms with Crippen LogP contribution in [0.1, 0.15) is 46.5 Å². The SMILES string of the molecule is CC.CC1NC2=C(CCCC2)O1. The van der Waals surface area contributed by atoms with Gasteiger partial charge >= 0.3 is 0 Å². The molecule has 0 amide bonds. The zero-order valence-corrected chi connectivity index (χ0v) is 8.31. The Bertz CT molecular complexity index is 157. The lowest BCUT2D eigenvalue weighted by Gasteiger charge is -2.09. The van der Waals surface area contributed by atoms with Gasteiger partial charge in [0.15, 0.2) is 6.23 Å². The first-order valence-corrected chi connectivity index (χ1v) is 5.01. The quantitative estimate of drug-likeness (QED) is 0.602. The van der Waals surface area contributed by atoms with E-state index in [9.17, 15) is 0 Å². The maximum absolute atomic E-state index is 5.53. The van der Waals surface area contributed by atoms with E-state index in [-0.39, 0.29) is 6.23 Å². The van der Waals surface area contributed by atoms with Crippen molar-refractivity contribution in [1.29, 1.82) is 0 Å². The summed E-state index contributed by atoms with van der Waals surface area (Å²) in [4.78, 5) is 0. The summed E-state index contributed by atoms with van der Waals surface area (Å²) in [7, 11) is 0. The highest BCUT2D eigenvalue weighted by Gasteiger charge is 2.22. The van der Waals surface area contributed by atoms with E-state index in [4.69, 9.17) is 4.74 Å². The monoisotopic (exact) mass is 169 g/mol. The van der Waals surface area contributed by atoms with E-state index >= 15 is 0 Å². The third-order valence-corrected chi connectivity index (χ3v) is 2.11. The van der Waals surface area contributed by atoms with Crippen LogP contribution in [0.2, 0.25) is 0 Å². The Labute approximate surface area is 75.0 Å². The third kappa shape index (κ3) is 1.93. The van der Waals surface area contributed by atoms with Gasteiger partial charge in [-0.15, -0.1) is 0 Å². The maximum Gasteiger partial charge on any atom is 0.166 e. The largest absolute Gasteiger partial charge is 0.474 e. The first kappa shape index (κ1) is 9.43. The normalized spacial score (nSPS) is 26.4. The van der Waals surface area contributed by atoms with Gasteiger partial charge in [0.05, 0.1) is 5.70 Å². The molecule has 0 bridgehead atoms. The second kappa shape index (κ2) is 4.39. The van der Waals surface area contributed by atoms with Crippen molar-refractivity contribution in [3.63, 3.8) is 0 Å². The summed E-state index contributed by atoms with van der Waals surface area (Å²) in [5.74, 6) is 1.22. The fourth-order valence-corrected chi connectivity index (χ4v) is 1.65. The van der Waals surface area contributed by atoms with Crippen LogP contribution in [0, 0.1) is 0 Å². The van der Waals surface area contributed by atoms with Crippen LogP contribution in [0.5, 0.6) is 0 Å². The lowest BCUT2D eigenvalue weighted by Crippen LogP contribution is -2.19. The van der Waals surface area contributed by atoms with Crippen LogP contribution in [-0.4, -0.2) is 6.23 Å². The van der Waals surface area contributed by atoms with Crippen molar-refractivity contribution >= 4 is 0 Å². The lowest BCUT2D eigenvalue weighted by molar-refractivity contribution is 0.137. The topological polar surface area (TPSA) is 21.3 Å². The molecular formula is C10H19NO. The number of nitrogens with one attached hydrogen (secondary N) is 1. The smallest absolute Gasteiger partial charge is 0.166 e. The van der Waals surface area contributed by atoms with Crippen molar-refractivity contribution in [3.8, 4) is 0 Å². The van der Waals surface area contributed by atoms with E-state index in [1.54, 1.807) is 0 Å². The number of ether oxygens (including phenoxy) is 1. The summed E-state index contributed by atoms with van der Waals surface area (Å²) in [6.45, 7) is 6.05. The van der Waals surface area contributed by atoms with Crippen LogP contribution in [0.4, 0.5) is 0 Å². The van der Waals surface area contributed by atoms with Gasteiger partial charge in [0.1, 0.15) is 5.76 Å². The highest BCUT2D eigenvalue weighted by molar-refractivity contribution is 5.14. The zero-order valence-electron chi connectivity index (χ0n) is 8.31. The maximum atomic E-state index is 5.53. The minimum Gasteiger partial charge on any atom is -0.474 e. The molecule has 1 atom stereocenters. The average Bonchev–Trinajstić information content (AvgIpc) is 2.48. The average molecular weight is 169 g/mol. The molecule has 1 N–H and O–H groups in total. The minimum atomic E-state index is 0.225. The van der Waals surface area contributed by atoms with Crippen molar-refractivity contribution in [2.24, 2.45) is 0 Å². The Morgan fingerprint density at radius 2 is 1.92 bits per heavy atom. The molecule has 1 heterocycles. The Hall–Kier alpha value is -0.660. The summed E-state index contributed by atoms with van der Waals surface area (Å²) in [5, 5.41) is 3.31. The molecule has 12 heavy (non-hydrogen) atoms. The van der Waals surface area contributed by atoms with Gasteiger partial charge in [-0.2, -0.15) is 0 Å². The van der Waals surface area contributed by atoms with Gasteiger partial charge in [-0.05, 0) is 26.2 Å². The third-order valence-electron chi connectivity index (χ3n) is 2.11. The number of rotatable bonds is 0. The number of hydrogen-bond acceptors (Lipinski definition) is 2. The van der Waals surface area contributed by atoms with Crippen molar-refractivity contribution < 1.29 is 4.74 Å². The van der Waals surface area contributed by atoms with Gasteiger partial charge in [0, 0.05) is 6.42 Å². The van der Waals surface area contributed by atoms with Gasteiger partial charge in [0.25, 0.3) is 0 Å². The van der Waals surface area contributed by atoms with Crippen LogP contribution in [-0.2, 0) is 4.74 Å². The molecule has 0 aromatic rings. The van der Waals surface area contributed by atoms with Gasteiger partial charge < -0.3 is 10.1 Å². The summed E-state index contributed by atoms with van der Waals surface area (Å²) < 4.78 is 5.53. The number of hydrogen-bond donors (Lipinski definition) is 1. The molecule has 70 valence electrons. The second-order valence-corrected chi connectivity index (χ2v) is 3.01. The Morgan fingerprint density at radius 3 is 2.58 bits per heavy atom. The van der Waals surface area contributed by atoms with Gasteiger partial charge in [-0.3, -0.25) is 0 Å². The summed E-state index contributed by atoms with van der Waals surface area (Å²) in [6, 6.07) is 0. The molecule has 1 aliphatic heterocycles. The van der Waals surface area contributed by atoms with E-state index in [0.717, 1.165) is 6.42 Å². The standard InChI is InChI=1S/C8H13NO.C2H6/c1-6-9-7-4-2-3-5-8(7)10-6;1-2/h6,9H,2-5H2,1H3;1-2H3. The predicted octanol–water partition coefficient (Wildman–Crippen LogP) is 2.76. The Kier molecular flexibility index (Phi) is 3.45. The lowest BCUT2D eigenvalue weighted by atomic mass is 10.0. The summed E-state index contributed by atoms with van der Waals surface area (Å²) in [6.07, 6.45) is 5.18. The Morgan fingerprint density at radius 1 is 1.25 bits per heavy atom. The molecular weight excluding hydrogens is 150 g/mol. The molecule has 2 heteroatoms. The fourth-order valence-electron chi connectivity index (χ4n) is 1.65. The van der Waals surface area contributed by atoms with E-state index < -0.39 is 0 Å². The first-order valence-electron chi connectivity index (χ1n) is 5.01. The van der Waals surface area contributed by atoms with Crippen LogP contribution in [0.15, 0.2) is 11.5 Å². The zero-order chi connectivity index (χ0) is 8.97. The summed E-state index contributed by atoms with van der Waals surface area (Å²) >= 11 is 0. The fraction of sp³-hybridized carbons (Fsp3) is 0.800. The molecule has 1 unspecified atom stereocenters. The molecule has 0 saturated carbocycles. The molecule has 2 rings (SSSR count).